The van der Waals surface area contributed by atoms with Gasteiger partial charge in [0, 0.05) is 19.1 Å². The van der Waals surface area contributed by atoms with Gasteiger partial charge in [0.05, 0.1) is 17.6 Å². The lowest BCUT2D eigenvalue weighted by Crippen LogP contribution is -2.41. The maximum atomic E-state index is 4.94. The number of halogens is 2. The zero-order valence-corrected chi connectivity index (χ0v) is 16.8. The Kier molecular flexibility index (Phi) is 6.77. The zero-order valence-electron chi connectivity index (χ0n) is 15.2. The third kappa shape index (κ3) is 3.97. The minimum absolute atomic E-state index is 0. The van der Waals surface area contributed by atoms with Gasteiger partial charge in [-0.05, 0) is 63.7 Å². The third-order valence-electron chi connectivity index (χ3n) is 5.63. The van der Waals surface area contributed by atoms with Crippen LogP contribution in [0.4, 0.5) is 0 Å². The highest BCUT2D eigenvalue weighted by molar-refractivity contribution is 5.85. The van der Waals surface area contributed by atoms with Gasteiger partial charge in [0.1, 0.15) is 5.82 Å². The van der Waals surface area contributed by atoms with Crippen molar-refractivity contribution >= 4 is 35.8 Å². The first kappa shape index (κ1) is 20.5. The summed E-state index contributed by atoms with van der Waals surface area (Å²) in [6.07, 6.45) is 4.05. The molecule has 0 radical (unpaired) electrons. The molecule has 1 N–H and O–H groups in total. The van der Waals surface area contributed by atoms with Crippen LogP contribution in [0.5, 0.6) is 0 Å². The van der Waals surface area contributed by atoms with Crippen LogP contribution in [0.3, 0.4) is 0 Å². The third-order valence-corrected chi connectivity index (χ3v) is 5.63. The van der Waals surface area contributed by atoms with Crippen molar-refractivity contribution < 1.29 is 0 Å². The smallest absolute Gasteiger partial charge is 0.124 e. The van der Waals surface area contributed by atoms with E-state index >= 15 is 0 Å². The van der Waals surface area contributed by atoms with E-state index in [0.29, 0.717) is 11.5 Å². The average molecular weight is 385 g/mol. The predicted molar refractivity (Wildman–Crippen MR) is 109 cm³/mol. The summed E-state index contributed by atoms with van der Waals surface area (Å²) in [5.41, 5.74) is 2.92. The molecule has 4 rings (SSSR count). The van der Waals surface area contributed by atoms with Crippen molar-refractivity contribution in [1.82, 2.24) is 19.8 Å². The maximum absolute atomic E-state index is 4.94. The highest BCUT2D eigenvalue weighted by Gasteiger charge is 2.39. The molecule has 0 amide bonds. The van der Waals surface area contributed by atoms with Crippen LogP contribution in [-0.4, -0.2) is 40.6 Å². The topological polar surface area (TPSA) is 33.1 Å². The molecule has 25 heavy (non-hydrogen) atoms. The summed E-state index contributed by atoms with van der Waals surface area (Å²) >= 11 is 0. The van der Waals surface area contributed by atoms with Crippen LogP contribution >= 0.6 is 24.8 Å². The second-order valence-corrected chi connectivity index (χ2v) is 7.72. The standard InChI is InChI=1S/C19H28N4.2ClH/c1-15(2)23-17-7-4-3-6-16(17)21-18(23)12-22-11-9-19(14-22)8-5-10-20-13-19;;/h3-4,6-7,15,20H,5,8-14H2,1-2H3;2*1H. The van der Waals surface area contributed by atoms with Crippen LogP contribution in [0.15, 0.2) is 24.3 Å². The lowest BCUT2D eigenvalue weighted by molar-refractivity contribution is 0.197. The highest BCUT2D eigenvalue weighted by atomic mass is 35.5. The molecule has 1 unspecified atom stereocenters. The van der Waals surface area contributed by atoms with Gasteiger partial charge in [0.15, 0.2) is 0 Å². The summed E-state index contributed by atoms with van der Waals surface area (Å²) in [4.78, 5) is 7.55. The minimum atomic E-state index is 0. The Labute approximate surface area is 163 Å². The van der Waals surface area contributed by atoms with E-state index in [1.165, 1.54) is 56.8 Å². The Hall–Kier alpha value is -0.810. The molecule has 0 bridgehead atoms. The molecule has 1 spiro atoms. The average Bonchev–Trinajstić information content (AvgIpc) is 3.09. The van der Waals surface area contributed by atoms with Gasteiger partial charge in [-0.15, -0.1) is 24.8 Å². The fourth-order valence-electron chi connectivity index (χ4n) is 4.52. The Morgan fingerprint density at radius 2 is 2.00 bits per heavy atom. The molecular formula is C19H30Cl2N4. The Morgan fingerprint density at radius 1 is 1.20 bits per heavy atom. The summed E-state index contributed by atoms with van der Waals surface area (Å²) < 4.78 is 2.42. The van der Waals surface area contributed by atoms with Gasteiger partial charge in [-0.25, -0.2) is 4.98 Å². The van der Waals surface area contributed by atoms with E-state index in [1.807, 2.05) is 0 Å². The number of hydrogen-bond donors (Lipinski definition) is 1. The molecule has 2 fully saturated rings. The van der Waals surface area contributed by atoms with E-state index in [4.69, 9.17) is 4.98 Å². The van der Waals surface area contributed by atoms with E-state index in [2.05, 4.69) is 52.9 Å². The fraction of sp³-hybridized carbons (Fsp3) is 0.632. The lowest BCUT2D eigenvalue weighted by Gasteiger charge is -2.34. The number of benzene rings is 1. The van der Waals surface area contributed by atoms with Crippen molar-refractivity contribution in [3.8, 4) is 0 Å². The van der Waals surface area contributed by atoms with Crippen LogP contribution in [0.1, 0.15) is 45.0 Å². The van der Waals surface area contributed by atoms with Crippen molar-refractivity contribution in [2.45, 2.75) is 45.7 Å². The van der Waals surface area contributed by atoms with Crippen LogP contribution in [0, 0.1) is 5.41 Å². The second-order valence-electron chi connectivity index (χ2n) is 7.72. The molecule has 1 aromatic carbocycles. The summed E-state index contributed by atoms with van der Waals surface area (Å²) in [6.45, 7) is 10.3. The zero-order chi connectivity index (χ0) is 15.9. The van der Waals surface area contributed by atoms with E-state index in [0.717, 1.165) is 12.1 Å². The first-order chi connectivity index (χ1) is 11.2. The number of rotatable bonds is 3. The van der Waals surface area contributed by atoms with Gasteiger partial charge >= 0.3 is 0 Å². The number of para-hydroxylation sites is 2. The molecular weight excluding hydrogens is 355 g/mol. The second kappa shape index (κ2) is 8.26. The Morgan fingerprint density at radius 3 is 2.72 bits per heavy atom. The first-order valence-electron chi connectivity index (χ1n) is 9.06. The fourth-order valence-corrected chi connectivity index (χ4v) is 4.52. The van der Waals surface area contributed by atoms with E-state index in [1.54, 1.807) is 0 Å². The molecule has 1 aromatic heterocycles. The molecule has 1 atom stereocenters. The largest absolute Gasteiger partial charge is 0.324 e. The van der Waals surface area contributed by atoms with Crippen molar-refractivity contribution in [2.75, 3.05) is 26.2 Å². The first-order valence-corrected chi connectivity index (χ1v) is 9.06. The molecule has 4 nitrogen and oxygen atoms in total. The normalized spacial score (nSPS) is 23.8. The maximum Gasteiger partial charge on any atom is 0.124 e. The number of likely N-dealkylation sites (tertiary alicyclic amines) is 1. The SMILES string of the molecule is CC(C)n1c(CN2CCC3(CCCNC3)C2)nc2ccccc21.Cl.Cl. The van der Waals surface area contributed by atoms with Gasteiger partial charge in [0.25, 0.3) is 0 Å². The molecule has 2 aliphatic rings. The lowest BCUT2D eigenvalue weighted by atomic mass is 9.80. The predicted octanol–water partition coefficient (Wildman–Crippen LogP) is 4.04. The number of aromatic nitrogens is 2. The van der Waals surface area contributed by atoms with Gasteiger partial charge in [-0.1, -0.05) is 12.1 Å². The van der Waals surface area contributed by atoms with E-state index in [9.17, 15) is 0 Å². The van der Waals surface area contributed by atoms with Crippen LogP contribution < -0.4 is 5.32 Å². The van der Waals surface area contributed by atoms with Crippen molar-refractivity contribution in [1.29, 1.82) is 0 Å². The molecule has 2 saturated heterocycles. The van der Waals surface area contributed by atoms with E-state index in [-0.39, 0.29) is 24.8 Å². The molecule has 2 aliphatic heterocycles. The molecule has 0 aliphatic carbocycles. The molecule has 6 heteroatoms. The van der Waals surface area contributed by atoms with Crippen LogP contribution in [0.2, 0.25) is 0 Å². The summed E-state index contributed by atoms with van der Waals surface area (Å²) in [5, 5.41) is 3.61. The van der Waals surface area contributed by atoms with Crippen molar-refractivity contribution in [2.24, 2.45) is 5.41 Å². The number of imidazole rings is 1. The molecule has 140 valence electrons. The number of piperidine rings is 1. The number of hydrogen-bond acceptors (Lipinski definition) is 3. The Bertz CT molecular complexity index is 692. The highest BCUT2D eigenvalue weighted by Crippen LogP contribution is 2.37. The summed E-state index contributed by atoms with van der Waals surface area (Å²) in [5.74, 6) is 1.22. The monoisotopic (exact) mass is 384 g/mol. The quantitative estimate of drug-likeness (QED) is 0.866. The van der Waals surface area contributed by atoms with Gasteiger partial charge < -0.3 is 9.88 Å². The molecule has 2 aromatic rings. The molecule has 0 saturated carbocycles. The molecule has 3 heterocycles. The number of nitrogens with zero attached hydrogens (tertiary/aromatic N) is 3. The minimum Gasteiger partial charge on any atom is -0.324 e. The van der Waals surface area contributed by atoms with Crippen LogP contribution in [0.25, 0.3) is 11.0 Å². The van der Waals surface area contributed by atoms with Gasteiger partial charge in [0.2, 0.25) is 0 Å². The summed E-state index contributed by atoms with van der Waals surface area (Å²) in [6, 6.07) is 8.98. The van der Waals surface area contributed by atoms with Crippen molar-refractivity contribution in [3.63, 3.8) is 0 Å². The van der Waals surface area contributed by atoms with Gasteiger partial charge in [-0.3, -0.25) is 4.90 Å². The summed E-state index contributed by atoms with van der Waals surface area (Å²) in [7, 11) is 0. The van der Waals surface area contributed by atoms with E-state index < -0.39 is 0 Å². The van der Waals surface area contributed by atoms with Gasteiger partial charge in [-0.2, -0.15) is 0 Å². The Balaban J connectivity index is 0.00000113. The van der Waals surface area contributed by atoms with Crippen molar-refractivity contribution in [3.05, 3.63) is 30.1 Å². The number of fused-ring (bicyclic) bond motifs is 1. The number of nitrogens with one attached hydrogen (secondary N) is 1. The van der Waals surface area contributed by atoms with Crippen LogP contribution in [-0.2, 0) is 6.54 Å².